The molecule has 0 bridgehead atoms. The Kier molecular flexibility index (Phi) is 34.7. The van der Waals surface area contributed by atoms with Crippen molar-refractivity contribution in [2.24, 2.45) is 11.5 Å². The molecule has 1 aromatic carbocycles. The SMILES string of the molecule is CCOC(=O)c1cnc(N2CC[C@H](N)C2)nc1.CCOC(=O)c1cnc(S(C)(=O)=O)nc1.CCOC(=O)c1cnc(SC)nc1.CCOC(=O)c1cnc(SC)nc1Cl.COCCOC(=O)N[C@H]1CCN(c2ncc(C(=O)Nc3ccccc3N)cn2)C1.N[C@H]1CCNC1. The zero-order chi connectivity index (χ0) is 69.0. The number of hydrogen-bond acceptors (Lipinski definition) is 32. The molecule has 94 heavy (non-hydrogen) atoms. The summed E-state index contributed by atoms with van der Waals surface area (Å²) in [7, 11) is -1.89. The first-order valence-corrected chi connectivity index (χ1v) is 33.9. The van der Waals surface area contributed by atoms with E-state index in [1.54, 1.807) is 59.1 Å². The summed E-state index contributed by atoms with van der Waals surface area (Å²) in [6, 6.07) is 7.57. The number of alkyl carbamates (subject to hydrolysis) is 1. The number of amides is 2. The lowest BCUT2D eigenvalue weighted by Gasteiger charge is -2.17. The number of rotatable bonds is 19. The van der Waals surface area contributed by atoms with Gasteiger partial charge < -0.3 is 71.4 Å². The van der Waals surface area contributed by atoms with Crippen LogP contribution >= 0.6 is 35.1 Å². The molecule has 0 aliphatic carbocycles. The summed E-state index contributed by atoms with van der Waals surface area (Å²) >= 11 is 8.56. The minimum Gasteiger partial charge on any atom is -0.462 e. The number of thioether (sulfide) groups is 2. The number of anilines is 4. The fraction of sp³-hybridized carbons (Fsp3) is 0.448. The van der Waals surface area contributed by atoms with Crippen molar-refractivity contribution >= 4 is 104 Å². The third-order valence-electron chi connectivity index (χ3n) is 12.4. The van der Waals surface area contributed by atoms with Crippen LogP contribution in [0.3, 0.4) is 0 Å². The number of carbonyl (C=O) groups is 6. The van der Waals surface area contributed by atoms with E-state index in [9.17, 15) is 37.2 Å². The minimum atomic E-state index is -3.43. The normalized spacial score (nSPS) is 15.2. The smallest absolute Gasteiger partial charge is 0.407 e. The first-order valence-electron chi connectivity index (χ1n) is 29.1. The van der Waals surface area contributed by atoms with Crippen LogP contribution in [0.4, 0.5) is 28.1 Å². The highest BCUT2D eigenvalue weighted by atomic mass is 35.5. The van der Waals surface area contributed by atoms with E-state index in [4.69, 9.17) is 52.5 Å². The molecule has 9 N–H and O–H groups in total. The Morgan fingerprint density at radius 3 is 1.56 bits per heavy atom. The average molecular weight is 1380 g/mol. The van der Waals surface area contributed by atoms with E-state index in [0.717, 1.165) is 64.1 Å². The number of nitrogen functional groups attached to an aromatic ring is 1. The second-order valence-corrected chi connectivity index (χ2v) is 23.3. The molecule has 3 fully saturated rings. The number of ether oxygens (including phenoxy) is 6. The maximum atomic E-state index is 12.3. The quantitative estimate of drug-likeness (QED) is 0.0126. The van der Waals surface area contributed by atoms with Crippen molar-refractivity contribution in [3.8, 4) is 0 Å². The number of nitrogens with one attached hydrogen (secondary N) is 3. The Labute approximate surface area is 558 Å². The standard InChI is InChI=1S/C19H24N6O4.C11H16N4O2.C8H9ClN2O2S.C8H10N2O4S.C8H10N2O2S.C4H10N2/c1-28-8-9-29-19(27)23-14-6-7-25(12-14)18-21-10-13(11-22-18)17(26)24-16-5-3-2-4-15(16)20;1-2-17-10(16)8-5-13-11(14-6-8)15-4-3-9(12)7-15;1-3-13-7(12)5-4-10-8(14-2)11-6(5)9;1-3-14-7(11)6-4-9-8(10-5-6)15(2,12)13;1-3-12-7(11)6-4-9-8(13-2)10-5-6;5-4-1-2-6-3-4/h2-5,10-11,14H,6-9,12,20H2,1H3,(H,23,27)(H,24,26);5-6,9H,2-4,7,12H2,1H3;4H,3H2,1-2H3;4-5H,3H2,1-2H3;4-5H,3H2,1-2H3;4,6H,1-3,5H2/t14-;9-;;;;4-/m00...0/s1. The molecule has 9 rings (SSSR count). The van der Waals surface area contributed by atoms with Crippen molar-refractivity contribution in [2.45, 2.75) is 80.6 Å². The van der Waals surface area contributed by atoms with Crippen molar-refractivity contribution in [3.05, 3.63) is 113 Å². The monoisotopic (exact) mass is 1380 g/mol. The second kappa shape index (κ2) is 41.9. The molecule has 3 aliphatic rings. The third kappa shape index (κ3) is 27.5. The van der Waals surface area contributed by atoms with Gasteiger partial charge in [0.15, 0.2) is 10.3 Å². The van der Waals surface area contributed by atoms with Gasteiger partial charge in [-0.05, 0) is 78.1 Å². The number of hydrogen-bond donors (Lipinski definition) is 6. The Morgan fingerprint density at radius 2 is 1.12 bits per heavy atom. The van der Waals surface area contributed by atoms with Crippen LogP contribution in [0.15, 0.2) is 95.5 Å². The number of benzene rings is 1. The van der Waals surface area contributed by atoms with Gasteiger partial charge in [0.05, 0.1) is 72.7 Å². The number of para-hydroxylation sites is 2. The lowest BCUT2D eigenvalue weighted by molar-refractivity contribution is 0.0515. The molecule has 0 saturated carbocycles. The summed E-state index contributed by atoms with van der Waals surface area (Å²) in [5, 5.41) is 9.69. The number of carbonyl (C=O) groups excluding carboxylic acids is 6. The molecule has 36 heteroatoms. The fourth-order valence-corrected chi connectivity index (χ4v) is 9.10. The highest BCUT2D eigenvalue weighted by molar-refractivity contribution is 7.98. The van der Waals surface area contributed by atoms with E-state index in [-0.39, 0.29) is 58.6 Å². The Morgan fingerprint density at radius 1 is 0.628 bits per heavy atom. The van der Waals surface area contributed by atoms with Crippen molar-refractivity contribution in [1.29, 1.82) is 0 Å². The van der Waals surface area contributed by atoms with Crippen molar-refractivity contribution in [2.75, 3.05) is 126 Å². The number of halogens is 1. The molecule has 32 nitrogen and oxygen atoms in total. The van der Waals surface area contributed by atoms with Gasteiger partial charge in [0.25, 0.3) is 5.91 Å². The first kappa shape index (κ1) is 77.9. The van der Waals surface area contributed by atoms with Gasteiger partial charge >= 0.3 is 30.0 Å². The summed E-state index contributed by atoms with van der Waals surface area (Å²) in [4.78, 5) is 113. The zero-order valence-corrected chi connectivity index (χ0v) is 56.5. The summed E-state index contributed by atoms with van der Waals surface area (Å²) in [6.07, 6.45) is 19.6. The van der Waals surface area contributed by atoms with Gasteiger partial charge in [-0.3, -0.25) is 4.79 Å². The van der Waals surface area contributed by atoms with E-state index in [1.807, 2.05) is 22.3 Å². The number of aromatic nitrogens is 10. The summed E-state index contributed by atoms with van der Waals surface area (Å²) in [5.41, 5.74) is 19.6. The first-order chi connectivity index (χ1) is 45.1. The van der Waals surface area contributed by atoms with Crippen LogP contribution in [-0.4, -0.2) is 217 Å². The molecular weight excluding hydrogens is 1300 g/mol. The topological polar surface area (TPSA) is 441 Å². The minimum absolute atomic E-state index is 0.0577. The van der Waals surface area contributed by atoms with Gasteiger partial charge in [-0.1, -0.05) is 47.3 Å². The molecule has 0 spiro atoms. The molecule has 2 amide bonds. The zero-order valence-electron chi connectivity index (χ0n) is 53.3. The molecule has 3 atom stereocenters. The van der Waals surface area contributed by atoms with Crippen LogP contribution in [-0.2, 0) is 38.3 Å². The van der Waals surface area contributed by atoms with Crippen LogP contribution in [0.2, 0.25) is 5.15 Å². The molecule has 510 valence electrons. The van der Waals surface area contributed by atoms with E-state index in [2.05, 4.69) is 70.5 Å². The predicted octanol–water partition coefficient (Wildman–Crippen LogP) is 4.22. The van der Waals surface area contributed by atoms with E-state index in [0.29, 0.717) is 95.8 Å². The summed E-state index contributed by atoms with van der Waals surface area (Å²) in [5.74, 6) is -1.06. The Balaban J connectivity index is 0.000000253. The van der Waals surface area contributed by atoms with Gasteiger partial charge in [-0.15, -0.1) is 0 Å². The maximum absolute atomic E-state index is 12.3. The van der Waals surface area contributed by atoms with Gasteiger partial charge in [0.1, 0.15) is 17.3 Å². The number of sulfone groups is 1. The Hall–Kier alpha value is -8.58. The maximum Gasteiger partial charge on any atom is 0.407 e. The van der Waals surface area contributed by atoms with Crippen LogP contribution in [0.25, 0.3) is 0 Å². The van der Waals surface area contributed by atoms with Crippen molar-refractivity contribution < 1.29 is 65.6 Å². The van der Waals surface area contributed by atoms with E-state index >= 15 is 0 Å². The number of methoxy groups -OCH3 is 1. The summed E-state index contributed by atoms with van der Waals surface area (Å²) < 4.78 is 50.9. The van der Waals surface area contributed by atoms with Crippen molar-refractivity contribution in [1.82, 2.24) is 60.5 Å². The van der Waals surface area contributed by atoms with Crippen LogP contribution < -0.4 is 43.0 Å². The van der Waals surface area contributed by atoms with Gasteiger partial charge in [-0.25, -0.2) is 82.2 Å². The molecule has 5 aromatic heterocycles. The molecule has 0 radical (unpaired) electrons. The molecule has 3 aliphatic heterocycles. The molecule has 0 unspecified atom stereocenters. The predicted molar refractivity (Wildman–Crippen MR) is 352 cm³/mol. The van der Waals surface area contributed by atoms with Gasteiger partial charge in [0.2, 0.25) is 26.9 Å². The fourth-order valence-electron chi connectivity index (χ4n) is 7.70. The third-order valence-corrected chi connectivity index (χ3v) is 14.7. The highest BCUT2D eigenvalue weighted by Gasteiger charge is 2.27. The molecule has 6 aromatic rings. The van der Waals surface area contributed by atoms with E-state index < -0.39 is 33.8 Å². The van der Waals surface area contributed by atoms with Gasteiger partial charge in [0, 0.05) is 114 Å². The molecule has 8 heterocycles. The number of esters is 4. The second-order valence-electron chi connectivity index (χ2n) is 19.5. The number of nitrogens with two attached hydrogens (primary N) is 3. The van der Waals surface area contributed by atoms with Gasteiger partial charge in [-0.2, -0.15) is 0 Å². The van der Waals surface area contributed by atoms with Crippen molar-refractivity contribution in [3.63, 3.8) is 0 Å². The molecular formula is C58H79ClN18O14S3. The lowest BCUT2D eigenvalue weighted by atomic mass is 10.2. The van der Waals surface area contributed by atoms with E-state index in [1.165, 1.54) is 66.9 Å². The largest absolute Gasteiger partial charge is 0.462 e. The van der Waals surface area contributed by atoms with Crippen LogP contribution in [0, 0.1) is 0 Å². The van der Waals surface area contributed by atoms with Crippen LogP contribution in [0.1, 0.15) is 98.7 Å². The molecule has 3 saturated heterocycles. The highest BCUT2D eigenvalue weighted by Crippen LogP contribution is 2.21. The number of nitrogens with zero attached hydrogens (tertiary/aromatic N) is 12. The lowest BCUT2D eigenvalue weighted by Crippen LogP contribution is -2.38. The summed E-state index contributed by atoms with van der Waals surface area (Å²) in [6.45, 7) is 13.7. The average Bonchev–Trinajstić information content (AvgIpc) is 1.52. The van der Waals surface area contributed by atoms with Crippen LogP contribution in [0.5, 0.6) is 0 Å². The Bertz CT molecular complexity index is 3450.